The molecule has 0 aliphatic rings. The molecule has 0 bridgehead atoms. The lowest BCUT2D eigenvalue weighted by Crippen LogP contribution is -2.26. The Bertz CT molecular complexity index is 978. The second kappa shape index (κ2) is 8.63. The van der Waals surface area contributed by atoms with Crippen molar-refractivity contribution in [2.75, 3.05) is 12.4 Å². The van der Waals surface area contributed by atoms with Gasteiger partial charge in [-0.1, -0.05) is 36.4 Å². The van der Waals surface area contributed by atoms with E-state index in [1.807, 2.05) is 0 Å². The second-order valence-electron chi connectivity index (χ2n) is 5.71. The number of carbonyl (C=O) groups is 1. The minimum atomic E-state index is -1.12. The van der Waals surface area contributed by atoms with Crippen molar-refractivity contribution in [1.82, 2.24) is 4.98 Å². The fraction of sp³-hybridized carbons (Fsp3) is 0.100. The van der Waals surface area contributed by atoms with Crippen LogP contribution < -0.4 is 14.8 Å². The maximum atomic E-state index is 12.9. The third kappa shape index (κ3) is 4.42. The van der Waals surface area contributed by atoms with E-state index in [9.17, 15) is 14.9 Å². The third-order valence-electron chi connectivity index (χ3n) is 3.85. The van der Waals surface area contributed by atoms with Crippen molar-refractivity contribution in [3.63, 3.8) is 0 Å². The van der Waals surface area contributed by atoms with Gasteiger partial charge in [0.05, 0.1) is 7.11 Å². The van der Waals surface area contributed by atoms with Crippen molar-refractivity contribution in [3.8, 4) is 11.5 Å². The van der Waals surface area contributed by atoms with Crippen molar-refractivity contribution in [1.29, 1.82) is 0 Å². The summed E-state index contributed by atoms with van der Waals surface area (Å²) in [5.74, 6) is -0.463. The Kier molecular flexibility index (Phi) is 5.81. The van der Waals surface area contributed by atoms with Gasteiger partial charge in [0.1, 0.15) is 11.9 Å². The highest BCUT2D eigenvalue weighted by molar-refractivity contribution is 5.95. The van der Waals surface area contributed by atoms with Crippen molar-refractivity contribution < 1.29 is 19.2 Å². The van der Waals surface area contributed by atoms with Crippen LogP contribution in [0, 0.1) is 10.1 Å². The molecule has 0 spiro atoms. The SMILES string of the molecule is COc1cccc(NC(=O)C(Oc2cccnc2[N+](=O)[O-])c2ccccc2)c1. The molecular weight excluding hydrogens is 362 g/mol. The van der Waals surface area contributed by atoms with Gasteiger partial charge in [-0.15, -0.1) is 0 Å². The van der Waals surface area contributed by atoms with E-state index in [4.69, 9.17) is 9.47 Å². The highest BCUT2D eigenvalue weighted by atomic mass is 16.6. The molecule has 0 saturated heterocycles. The van der Waals surface area contributed by atoms with Crippen LogP contribution in [-0.4, -0.2) is 22.9 Å². The summed E-state index contributed by atoms with van der Waals surface area (Å²) in [7, 11) is 1.53. The Balaban J connectivity index is 1.91. The summed E-state index contributed by atoms with van der Waals surface area (Å²) in [5, 5.41) is 14.0. The Morgan fingerprint density at radius 3 is 2.61 bits per heavy atom. The monoisotopic (exact) mass is 379 g/mol. The number of rotatable bonds is 7. The molecule has 8 nitrogen and oxygen atoms in total. The summed E-state index contributed by atoms with van der Waals surface area (Å²) in [6.07, 6.45) is 0.175. The molecule has 0 radical (unpaired) electrons. The van der Waals surface area contributed by atoms with Crippen LogP contribution in [0.2, 0.25) is 0 Å². The number of benzene rings is 2. The quantitative estimate of drug-likeness (QED) is 0.495. The number of anilines is 1. The summed E-state index contributed by atoms with van der Waals surface area (Å²) in [5.41, 5.74) is 1.05. The lowest BCUT2D eigenvalue weighted by molar-refractivity contribution is -0.390. The van der Waals surface area contributed by atoms with Crippen LogP contribution in [0.15, 0.2) is 72.9 Å². The van der Waals surface area contributed by atoms with E-state index < -0.39 is 22.8 Å². The largest absolute Gasteiger partial charge is 0.497 e. The highest BCUT2D eigenvalue weighted by Crippen LogP contribution is 2.30. The van der Waals surface area contributed by atoms with Crippen LogP contribution in [0.4, 0.5) is 11.5 Å². The summed E-state index contributed by atoms with van der Waals surface area (Å²) in [6.45, 7) is 0. The zero-order valence-corrected chi connectivity index (χ0v) is 14.9. The normalized spacial score (nSPS) is 11.3. The molecule has 1 aromatic heterocycles. The number of hydrogen-bond acceptors (Lipinski definition) is 6. The Morgan fingerprint density at radius 2 is 1.89 bits per heavy atom. The van der Waals surface area contributed by atoms with Gasteiger partial charge in [0.2, 0.25) is 11.9 Å². The molecule has 1 N–H and O–H groups in total. The van der Waals surface area contributed by atoms with Gasteiger partial charge in [-0.2, -0.15) is 0 Å². The predicted molar refractivity (Wildman–Crippen MR) is 102 cm³/mol. The van der Waals surface area contributed by atoms with Gasteiger partial charge in [-0.3, -0.25) is 4.79 Å². The van der Waals surface area contributed by atoms with E-state index in [-0.39, 0.29) is 5.75 Å². The number of aromatic nitrogens is 1. The van der Waals surface area contributed by atoms with Gasteiger partial charge in [0, 0.05) is 17.3 Å². The molecule has 0 aliphatic carbocycles. The third-order valence-corrected chi connectivity index (χ3v) is 3.85. The summed E-state index contributed by atoms with van der Waals surface area (Å²) in [6, 6.07) is 18.5. The number of pyridine rings is 1. The number of ether oxygens (including phenoxy) is 2. The van der Waals surface area contributed by atoms with E-state index >= 15 is 0 Å². The van der Waals surface area contributed by atoms with Crippen LogP contribution in [0.1, 0.15) is 11.7 Å². The minimum absolute atomic E-state index is 0.0952. The van der Waals surface area contributed by atoms with E-state index in [1.54, 1.807) is 54.6 Å². The smallest absolute Gasteiger partial charge is 0.406 e. The highest BCUT2D eigenvalue weighted by Gasteiger charge is 2.27. The van der Waals surface area contributed by atoms with Gasteiger partial charge >= 0.3 is 5.82 Å². The molecular formula is C20H17N3O5. The first kappa shape index (κ1) is 18.8. The van der Waals surface area contributed by atoms with E-state index in [0.29, 0.717) is 17.0 Å². The summed E-state index contributed by atoms with van der Waals surface area (Å²) >= 11 is 0. The molecule has 1 amide bonds. The molecule has 1 unspecified atom stereocenters. The van der Waals surface area contributed by atoms with Gasteiger partial charge in [0.15, 0.2) is 0 Å². The van der Waals surface area contributed by atoms with Crippen molar-refractivity contribution in [2.24, 2.45) is 0 Å². The lowest BCUT2D eigenvalue weighted by atomic mass is 10.1. The number of amides is 1. The van der Waals surface area contributed by atoms with Crippen LogP contribution >= 0.6 is 0 Å². The average Bonchev–Trinajstić information content (AvgIpc) is 2.72. The van der Waals surface area contributed by atoms with E-state index in [0.717, 1.165) is 0 Å². The Hall–Kier alpha value is -3.94. The van der Waals surface area contributed by atoms with Crippen molar-refractivity contribution in [3.05, 3.63) is 88.6 Å². The van der Waals surface area contributed by atoms with Gasteiger partial charge in [-0.05, 0) is 34.2 Å². The summed E-state index contributed by atoms with van der Waals surface area (Å²) < 4.78 is 10.9. The molecule has 3 rings (SSSR count). The fourth-order valence-corrected chi connectivity index (χ4v) is 2.55. The van der Waals surface area contributed by atoms with Gasteiger partial charge in [-0.25, -0.2) is 0 Å². The molecule has 142 valence electrons. The van der Waals surface area contributed by atoms with E-state index in [2.05, 4.69) is 10.3 Å². The second-order valence-corrected chi connectivity index (χ2v) is 5.71. The first-order valence-electron chi connectivity index (χ1n) is 8.34. The predicted octanol–water partition coefficient (Wildman–Crippen LogP) is 3.76. The maximum Gasteiger partial charge on any atom is 0.406 e. The fourth-order valence-electron chi connectivity index (χ4n) is 2.55. The minimum Gasteiger partial charge on any atom is -0.497 e. The molecule has 2 aromatic carbocycles. The number of nitrogens with zero attached hydrogens (tertiary/aromatic N) is 2. The molecule has 0 aliphatic heterocycles. The molecule has 8 heteroatoms. The standard InChI is InChI=1S/C20H17N3O5/c1-27-16-10-5-9-15(13-16)22-20(24)18(14-7-3-2-4-8-14)28-17-11-6-12-21-19(17)23(25)26/h2-13,18H,1H3,(H,22,24). The zero-order valence-electron chi connectivity index (χ0n) is 14.9. The molecule has 0 saturated carbocycles. The summed E-state index contributed by atoms with van der Waals surface area (Å²) in [4.78, 5) is 27.2. The van der Waals surface area contributed by atoms with Crippen LogP contribution in [0.5, 0.6) is 11.5 Å². The van der Waals surface area contributed by atoms with Crippen LogP contribution in [0.3, 0.4) is 0 Å². The molecule has 3 aromatic rings. The number of nitro groups is 1. The van der Waals surface area contributed by atoms with Gasteiger partial charge < -0.3 is 24.9 Å². The number of hydrogen-bond donors (Lipinski definition) is 1. The molecule has 1 atom stereocenters. The Labute approximate surface area is 160 Å². The van der Waals surface area contributed by atoms with Crippen molar-refractivity contribution >= 4 is 17.4 Å². The number of methoxy groups -OCH3 is 1. The first-order chi connectivity index (χ1) is 13.6. The van der Waals surface area contributed by atoms with Crippen LogP contribution in [-0.2, 0) is 4.79 Å². The number of carbonyl (C=O) groups excluding carboxylic acids is 1. The number of nitrogens with one attached hydrogen (secondary N) is 1. The lowest BCUT2D eigenvalue weighted by Gasteiger charge is -2.19. The molecule has 28 heavy (non-hydrogen) atoms. The topological polar surface area (TPSA) is 104 Å². The maximum absolute atomic E-state index is 12.9. The van der Waals surface area contributed by atoms with Crippen molar-refractivity contribution in [2.45, 2.75) is 6.10 Å². The van der Waals surface area contributed by atoms with E-state index in [1.165, 1.54) is 25.4 Å². The molecule has 0 fully saturated rings. The first-order valence-corrected chi connectivity index (χ1v) is 8.34. The van der Waals surface area contributed by atoms with Gasteiger partial charge in [0.25, 0.3) is 5.91 Å². The zero-order chi connectivity index (χ0) is 19.9. The molecule has 1 heterocycles. The van der Waals surface area contributed by atoms with Crippen LogP contribution in [0.25, 0.3) is 0 Å². The average molecular weight is 379 g/mol. The Morgan fingerprint density at radius 1 is 1.11 bits per heavy atom.